The molecule has 2 amide bonds. The van der Waals surface area contributed by atoms with E-state index >= 15 is 0 Å². The molecule has 0 aromatic heterocycles. The molecule has 8 heteroatoms. The predicted octanol–water partition coefficient (Wildman–Crippen LogP) is 2.46. The molecule has 0 unspecified atom stereocenters. The Morgan fingerprint density at radius 3 is 2.20 bits per heavy atom. The van der Waals surface area contributed by atoms with Crippen LogP contribution in [0, 0.1) is 6.92 Å². The van der Waals surface area contributed by atoms with Gasteiger partial charge in [-0.15, -0.1) is 0 Å². The van der Waals surface area contributed by atoms with Crippen LogP contribution in [0.15, 0.2) is 53.4 Å². The summed E-state index contributed by atoms with van der Waals surface area (Å²) in [7, 11) is -3.65. The van der Waals surface area contributed by atoms with Crippen molar-refractivity contribution in [2.75, 3.05) is 32.7 Å². The minimum absolute atomic E-state index is 0.110. The maximum absolute atomic E-state index is 12.8. The highest BCUT2D eigenvalue weighted by atomic mass is 32.2. The molecule has 1 heterocycles. The monoisotopic (exact) mass is 429 g/mol. The van der Waals surface area contributed by atoms with Crippen LogP contribution in [0.5, 0.6) is 0 Å². The molecule has 0 saturated carbocycles. The first-order valence-electron chi connectivity index (χ1n) is 9.97. The Kier molecular flexibility index (Phi) is 6.89. The number of hydrogen-bond donors (Lipinski definition) is 1. The number of benzene rings is 2. The Morgan fingerprint density at radius 1 is 0.967 bits per heavy atom. The summed E-state index contributed by atoms with van der Waals surface area (Å²) in [6, 6.07) is 13.8. The average Bonchev–Trinajstić information content (AvgIpc) is 2.75. The number of rotatable bonds is 6. The number of Topliss-reactive ketones (excluding diaryl/α,β-unsaturated/α-hetero) is 1. The smallest absolute Gasteiger partial charge is 0.317 e. The van der Waals surface area contributed by atoms with E-state index in [2.05, 4.69) is 5.32 Å². The van der Waals surface area contributed by atoms with Gasteiger partial charge in [0.05, 0.1) is 4.90 Å². The second-order valence-corrected chi connectivity index (χ2v) is 9.32. The third-order valence-corrected chi connectivity index (χ3v) is 7.27. The second kappa shape index (κ2) is 9.40. The highest BCUT2D eigenvalue weighted by molar-refractivity contribution is 7.89. The predicted molar refractivity (Wildman–Crippen MR) is 115 cm³/mol. The van der Waals surface area contributed by atoms with Crippen molar-refractivity contribution in [2.24, 2.45) is 0 Å². The van der Waals surface area contributed by atoms with E-state index in [9.17, 15) is 18.0 Å². The van der Waals surface area contributed by atoms with E-state index in [1.165, 1.54) is 46.6 Å². The molecular formula is C22H27N3O4S. The molecule has 0 bridgehead atoms. The molecule has 2 aromatic rings. The first kappa shape index (κ1) is 22.0. The zero-order chi connectivity index (χ0) is 21.7. The summed E-state index contributed by atoms with van der Waals surface area (Å²) in [5.74, 6) is -0.110. The van der Waals surface area contributed by atoms with E-state index in [0.717, 1.165) is 6.42 Å². The highest BCUT2D eigenvalue weighted by Crippen LogP contribution is 2.18. The topological polar surface area (TPSA) is 86.8 Å². The Bertz CT molecular complexity index is 1010. The summed E-state index contributed by atoms with van der Waals surface area (Å²) in [4.78, 5) is 25.6. The molecule has 1 aliphatic heterocycles. The maximum atomic E-state index is 12.8. The van der Waals surface area contributed by atoms with Gasteiger partial charge in [-0.3, -0.25) is 4.79 Å². The number of sulfonamides is 1. The summed E-state index contributed by atoms with van der Waals surface area (Å²) in [5, 5.41) is 2.92. The van der Waals surface area contributed by atoms with Crippen LogP contribution in [-0.4, -0.2) is 62.2 Å². The van der Waals surface area contributed by atoms with Crippen molar-refractivity contribution in [3.63, 3.8) is 0 Å². The summed E-state index contributed by atoms with van der Waals surface area (Å²) >= 11 is 0. The molecule has 0 spiro atoms. The number of carbonyl (C=O) groups is 2. The Morgan fingerprint density at radius 2 is 1.60 bits per heavy atom. The second-order valence-electron chi connectivity index (χ2n) is 7.38. The molecule has 1 fully saturated rings. The fraction of sp³-hybridized carbons (Fsp3) is 0.364. The lowest BCUT2D eigenvalue weighted by Gasteiger charge is -2.34. The minimum Gasteiger partial charge on any atom is -0.338 e. The average molecular weight is 430 g/mol. The molecule has 3 rings (SSSR count). The number of urea groups is 1. The number of nitrogens with one attached hydrogen (secondary N) is 1. The zero-order valence-corrected chi connectivity index (χ0v) is 18.1. The molecule has 1 N–H and O–H groups in total. The van der Waals surface area contributed by atoms with E-state index in [0.29, 0.717) is 25.2 Å². The number of hydrogen-bond acceptors (Lipinski definition) is 4. The van der Waals surface area contributed by atoms with Crippen molar-refractivity contribution in [3.05, 3.63) is 65.2 Å². The van der Waals surface area contributed by atoms with Crippen LogP contribution in [0.1, 0.15) is 28.4 Å². The lowest BCUT2D eigenvalue weighted by atomic mass is 10.1. The van der Waals surface area contributed by atoms with Crippen LogP contribution in [0.3, 0.4) is 0 Å². The van der Waals surface area contributed by atoms with E-state index in [-0.39, 0.29) is 29.8 Å². The Hall–Kier alpha value is -2.71. The maximum Gasteiger partial charge on any atom is 0.317 e. The normalized spacial score (nSPS) is 15.1. The van der Waals surface area contributed by atoms with Crippen LogP contribution in [-0.2, 0) is 16.4 Å². The molecule has 0 radical (unpaired) electrons. The van der Waals surface area contributed by atoms with E-state index in [1.54, 1.807) is 4.90 Å². The highest BCUT2D eigenvalue weighted by Gasteiger charge is 2.30. The van der Waals surface area contributed by atoms with Gasteiger partial charge < -0.3 is 10.2 Å². The van der Waals surface area contributed by atoms with Gasteiger partial charge in [-0.05, 0) is 43.5 Å². The van der Waals surface area contributed by atoms with Gasteiger partial charge in [0.1, 0.15) is 0 Å². The fourth-order valence-electron chi connectivity index (χ4n) is 3.45. The number of amides is 2. The number of carbonyl (C=O) groups excluding carboxylic acids is 2. The third kappa shape index (κ3) is 5.06. The van der Waals surface area contributed by atoms with E-state index in [1.807, 2.05) is 31.2 Å². The third-order valence-electron chi connectivity index (χ3n) is 5.36. The van der Waals surface area contributed by atoms with Crippen molar-refractivity contribution >= 4 is 21.8 Å². The molecular weight excluding hydrogens is 402 g/mol. The molecule has 1 aliphatic rings. The van der Waals surface area contributed by atoms with Gasteiger partial charge in [-0.2, -0.15) is 4.31 Å². The number of aryl methyl sites for hydroxylation is 1. The standard InChI is InChI=1S/C22H27N3O4S/c1-17-5-3-4-6-19(17)11-12-23-22(27)24-13-15-25(16-14-24)30(28,29)21-9-7-20(8-10-21)18(2)26/h3-10H,11-16H2,1-2H3,(H,23,27). The van der Waals surface area contributed by atoms with Gasteiger partial charge in [0.2, 0.25) is 10.0 Å². The zero-order valence-electron chi connectivity index (χ0n) is 17.3. The van der Waals surface area contributed by atoms with Crippen molar-refractivity contribution < 1.29 is 18.0 Å². The van der Waals surface area contributed by atoms with Gasteiger partial charge in [0.15, 0.2) is 5.78 Å². The number of piperazine rings is 1. The molecule has 0 atom stereocenters. The van der Waals surface area contributed by atoms with Crippen LogP contribution >= 0.6 is 0 Å². The summed E-state index contributed by atoms with van der Waals surface area (Å²) in [6.45, 7) is 5.16. The van der Waals surface area contributed by atoms with Crippen molar-refractivity contribution in [1.29, 1.82) is 0 Å². The molecule has 30 heavy (non-hydrogen) atoms. The quantitative estimate of drug-likeness (QED) is 0.715. The molecule has 0 aliphatic carbocycles. The van der Waals surface area contributed by atoms with Crippen LogP contribution in [0.25, 0.3) is 0 Å². The molecule has 7 nitrogen and oxygen atoms in total. The van der Waals surface area contributed by atoms with E-state index < -0.39 is 10.0 Å². The first-order chi connectivity index (χ1) is 14.3. The van der Waals surface area contributed by atoms with Crippen LogP contribution < -0.4 is 5.32 Å². The van der Waals surface area contributed by atoms with Crippen molar-refractivity contribution in [2.45, 2.75) is 25.2 Å². The molecule has 2 aromatic carbocycles. The minimum atomic E-state index is -3.65. The van der Waals surface area contributed by atoms with Gasteiger partial charge >= 0.3 is 6.03 Å². The Balaban J connectivity index is 1.51. The van der Waals surface area contributed by atoms with Crippen molar-refractivity contribution in [1.82, 2.24) is 14.5 Å². The lowest BCUT2D eigenvalue weighted by molar-refractivity contribution is 0.101. The Labute approximate surface area is 177 Å². The van der Waals surface area contributed by atoms with Crippen LogP contribution in [0.2, 0.25) is 0 Å². The fourth-order valence-corrected chi connectivity index (χ4v) is 4.87. The lowest BCUT2D eigenvalue weighted by Crippen LogP contribution is -2.53. The van der Waals surface area contributed by atoms with Crippen LogP contribution in [0.4, 0.5) is 4.79 Å². The van der Waals surface area contributed by atoms with Gasteiger partial charge in [0, 0.05) is 38.3 Å². The summed E-state index contributed by atoms with van der Waals surface area (Å²) in [6.07, 6.45) is 0.753. The van der Waals surface area contributed by atoms with Gasteiger partial charge in [-0.25, -0.2) is 13.2 Å². The number of ketones is 1. The first-order valence-corrected chi connectivity index (χ1v) is 11.4. The molecule has 1 saturated heterocycles. The SMILES string of the molecule is CC(=O)c1ccc(S(=O)(=O)N2CCN(C(=O)NCCc3ccccc3C)CC2)cc1. The molecule has 160 valence electrons. The van der Waals surface area contributed by atoms with Gasteiger partial charge in [-0.1, -0.05) is 36.4 Å². The summed E-state index contributed by atoms with van der Waals surface area (Å²) in [5.41, 5.74) is 2.87. The van der Waals surface area contributed by atoms with Gasteiger partial charge in [0.25, 0.3) is 0 Å². The summed E-state index contributed by atoms with van der Waals surface area (Å²) < 4.78 is 27.0. The largest absolute Gasteiger partial charge is 0.338 e. The van der Waals surface area contributed by atoms with E-state index in [4.69, 9.17) is 0 Å². The van der Waals surface area contributed by atoms with Crippen molar-refractivity contribution in [3.8, 4) is 0 Å². The number of nitrogens with zero attached hydrogens (tertiary/aromatic N) is 2.